The third kappa shape index (κ3) is 7.10. The summed E-state index contributed by atoms with van der Waals surface area (Å²) in [6.07, 6.45) is 0. The maximum absolute atomic E-state index is 14.6. The van der Waals surface area contributed by atoms with Crippen molar-refractivity contribution in [3.63, 3.8) is 0 Å². The first-order chi connectivity index (χ1) is 32.5. The van der Waals surface area contributed by atoms with Crippen LogP contribution in [0.1, 0.15) is 49.9 Å². The number of nitrogens with zero attached hydrogens (tertiary/aromatic N) is 4. The second-order valence-corrected chi connectivity index (χ2v) is 18.3. The maximum Gasteiger partial charge on any atom is 0.123 e. The van der Waals surface area contributed by atoms with Crippen LogP contribution in [0, 0.1) is 17.5 Å². The van der Waals surface area contributed by atoms with Gasteiger partial charge in [-0.25, -0.2) is 13.2 Å². The molecule has 328 valence electrons. The standard InChI is InChI=1S/C60H47F3N4/c1-59(2)52-36-49(64(43-14-8-5-9-15-43)46-26-20-40(61)21-27-46)32-34-56(52)67-57-35-33-50(65(44-16-10-6-11-17-44)47-28-22-41(62)23-29-47)37-53(57)60(3,4)55-39-51(38-54(59)58(55)67)66(45-18-12-7-13-19-45)48-30-24-42(63)25-31-48/h5-39H,1-4H3. The Labute approximate surface area is 390 Å². The monoisotopic (exact) mass is 880 g/mol. The van der Waals surface area contributed by atoms with Gasteiger partial charge in [-0.05, 0) is 180 Å². The molecule has 0 aliphatic carbocycles. The Kier molecular flexibility index (Phi) is 10.0. The minimum absolute atomic E-state index is 0.295. The zero-order valence-electron chi connectivity index (χ0n) is 37.6. The van der Waals surface area contributed by atoms with E-state index in [1.54, 1.807) is 0 Å². The number of rotatable bonds is 9. The van der Waals surface area contributed by atoms with Gasteiger partial charge in [-0.15, -0.1) is 0 Å². The van der Waals surface area contributed by atoms with Crippen LogP contribution in [-0.4, -0.2) is 0 Å². The number of fused-ring (bicyclic) bond motifs is 4. The van der Waals surface area contributed by atoms with Gasteiger partial charge in [0.05, 0.1) is 17.1 Å². The van der Waals surface area contributed by atoms with Crippen LogP contribution in [0.2, 0.25) is 0 Å². The smallest absolute Gasteiger partial charge is 0.123 e. The van der Waals surface area contributed by atoms with Gasteiger partial charge in [0.2, 0.25) is 0 Å². The molecule has 0 saturated carbocycles. The van der Waals surface area contributed by atoms with Crippen molar-refractivity contribution in [2.75, 3.05) is 19.6 Å². The molecule has 0 fully saturated rings. The van der Waals surface area contributed by atoms with Crippen LogP contribution in [0.4, 0.5) is 81.4 Å². The molecule has 0 spiro atoms. The van der Waals surface area contributed by atoms with Crippen molar-refractivity contribution in [1.82, 2.24) is 0 Å². The van der Waals surface area contributed by atoms with Crippen molar-refractivity contribution in [2.45, 2.75) is 38.5 Å². The Morgan fingerprint density at radius 1 is 0.299 bits per heavy atom. The van der Waals surface area contributed by atoms with E-state index in [0.29, 0.717) is 0 Å². The molecule has 11 rings (SSSR count). The van der Waals surface area contributed by atoms with Crippen LogP contribution in [-0.2, 0) is 10.8 Å². The summed E-state index contributed by atoms with van der Waals surface area (Å²) in [6.45, 7) is 9.20. The third-order valence-electron chi connectivity index (χ3n) is 13.5. The number of anilines is 12. The van der Waals surface area contributed by atoms with Crippen LogP contribution in [0.3, 0.4) is 0 Å². The van der Waals surface area contributed by atoms with E-state index < -0.39 is 10.8 Å². The van der Waals surface area contributed by atoms with Crippen LogP contribution in [0.15, 0.2) is 212 Å². The minimum atomic E-state index is -0.543. The Hall–Kier alpha value is -8.03. The molecule has 0 unspecified atom stereocenters. The lowest BCUT2D eigenvalue weighted by molar-refractivity contribution is 0.597. The number of hydrogen-bond acceptors (Lipinski definition) is 4. The highest BCUT2D eigenvalue weighted by atomic mass is 19.1. The molecule has 9 aromatic carbocycles. The van der Waals surface area contributed by atoms with Gasteiger partial charge >= 0.3 is 0 Å². The first kappa shape index (κ1) is 41.7. The molecule has 0 amide bonds. The minimum Gasteiger partial charge on any atom is -0.310 e. The second kappa shape index (κ2) is 16.1. The summed E-state index contributed by atoms with van der Waals surface area (Å²) in [5.41, 5.74) is 14.8. The van der Waals surface area contributed by atoms with Crippen molar-refractivity contribution in [2.24, 2.45) is 0 Å². The van der Waals surface area contributed by atoms with Crippen molar-refractivity contribution in [3.8, 4) is 0 Å². The summed E-state index contributed by atoms with van der Waals surface area (Å²) in [6, 6.07) is 68.5. The van der Waals surface area contributed by atoms with E-state index in [4.69, 9.17) is 0 Å². The molecule has 0 saturated heterocycles. The molecule has 0 aromatic heterocycles. The van der Waals surface area contributed by atoms with Gasteiger partial charge in [-0.2, -0.15) is 0 Å². The third-order valence-corrected chi connectivity index (χ3v) is 13.5. The SMILES string of the molecule is CC1(C)c2cc(N(c3ccccc3)c3ccc(F)cc3)ccc2N2c3ccc(N(c4ccccc4)c4ccc(F)cc4)cc3C(C)(C)c3cc(N(c4ccccc4)c4ccc(F)cc4)cc1c32. The van der Waals surface area contributed by atoms with Crippen LogP contribution < -0.4 is 19.6 Å². The molecule has 67 heavy (non-hydrogen) atoms. The number of para-hydroxylation sites is 3. The van der Waals surface area contributed by atoms with Gasteiger partial charge in [0.15, 0.2) is 0 Å². The molecule has 2 aliphatic rings. The average molecular weight is 881 g/mol. The summed E-state index contributed by atoms with van der Waals surface area (Å²) < 4.78 is 43.5. The van der Waals surface area contributed by atoms with Crippen molar-refractivity contribution < 1.29 is 13.2 Å². The Bertz CT molecular complexity index is 3090. The topological polar surface area (TPSA) is 13.0 Å². The molecule has 2 aliphatic heterocycles. The van der Waals surface area contributed by atoms with Gasteiger partial charge in [0.1, 0.15) is 17.5 Å². The molecular weight excluding hydrogens is 834 g/mol. The second-order valence-electron chi connectivity index (χ2n) is 18.3. The lowest BCUT2D eigenvalue weighted by atomic mass is 9.66. The summed E-state index contributed by atoms with van der Waals surface area (Å²) in [4.78, 5) is 8.99. The number of hydrogen-bond donors (Lipinski definition) is 0. The van der Waals surface area contributed by atoms with Crippen molar-refractivity contribution in [3.05, 3.63) is 252 Å². The maximum atomic E-state index is 14.6. The summed E-state index contributed by atoms with van der Waals surface area (Å²) in [5.74, 6) is -0.891. The Balaban J connectivity index is 1.18. The molecular formula is C60H47F3N4. The lowest BCUT2D eigenvalue weighted by Gasteiger charge is -2.50. The van der Waals surface area contributed by atoms with E-state index >= 15 is 0 Å². The summed E-state index contributed by atoms with van der Waals surface area (Å²) >= 11 is 0. The summed E-state index contributed by atoms with van der Waals surface area (Å²) in [7, 11) is 0. The van der Waals surface area contributed by atoms with Gasteiger partial charge in [-0.1, -0.05) is 82.3 Å². The van der Waals surface area contributed by atoms with E-state index in [9.17, 15) is 13.2 Å². The fraction of sp³-hybridized carbons (Fsp3) is 0.100. The Morgan fingerprint density at radius 3 is 0.896 bits per heavy atom. The largest absolute Gasteiger partial charge is 0.310 e. The predicted octanol–water partition coefficient (Wildman–Crippen LogP) is 17.3. The number of halogens is 3. The summed E-state index contributed by atoms with van der Waals surface area (Å²) in [5, 5.41) is 0. The van der Waals surface area contributed by atoms with Gasteiger partial charge in [-0.3, -0.25) is 0 Å². The molecule has 0 N–H and O–H groups in total. The molecule has 0 atom stereocenters. The first-order valence-electron chi connectivity index (χ1n) is 22.6. The van der Waals surface area contributed by atoms with Crippen LogP contribution in [0.25, 0.3) is 0 Å². The quantitative estimate of drug-likeness (QED) is 0.143. The Morgan fingerprint density at radius 2 is 0.567 bits per heavy atom. The fourth-order valence-electron chi connectivity index (χ4n) is 10.2. The predicted molar refractivity (Wildman–Crippen MR) is 269 cm³/mol. The van der Waals surface area contributed by atoms with Gasteiger partial charge in [0.25, 0.3) is 0 Å². The van der Waals surface area contributed by atoms with E-state index in [1.807, 2.05) is 91.0 Å². The zero-order chi connectivity index (χ0) is 46.0. The fourth-order valence-corrected chi connectivity index (χ4v) is 10.2. The molecule has 0 bridgehead atoms. The highest BCUT2D eigenvalue weighted by Crippen LogP contribution is 2.62. The molecule has 4 nitrogen and oxygen atoms in total. The van der Waals surface area contributed by atoms with Gasteiger partial charge < -0.3 is 19.6 Å². The normalized spacial score (nSPS) is 13.8. The van der Waals surface area contributed by atoms with Crippen molar-refractivity contribution in [1.29, 1.82) is 0 Å². The van der Waals surface area contributed by atoms with E-state index in [0.717, 1.165) is 90.5 Å². The van der Waals surface area contributed by atoms with E-state index in [2.05, 4.69) is 132 Å². The lowest BCUT2D eigenvalue weighted by Crippen LogP contribution is -2.38. The highest BCUT2D eigenvalue weighted by molar-refractivity contribution is 5.97. The highest BCUT2D eigenvalue weighted by Gasteiger charge is 2.47. The van der Waals surface area contributed by atoms with E-state index in [1.165, 1.54) is 36.4 Å². The van der Waals surface area contributed by atoms with E-state index in [-0.39, 0.29) is 17.5 Å². The number of benzene rings is 9. The van der Waals surface area contributed by atoms with Crippen molar-refractivity contribution >= 4 is 68.2 Å². The molecule has 0 radical (unpaired) electrons. The van der Waals surface area contributed by atoms with Gasteiger partial charge in [0, 0.05) is 62.0 Å². The molecule has 7 heteroatoms. The average Bonchev–Trinajstić information content (AvgIpc) is 3.35. The molecule has 2 heterocycles. The van der Waals surface area contributed by atoms with Crippen LogP contribution in [0.5, 0.6) is 0 Å². The first-order valence-corrected chi connectivity index (χ1v) is 22.6. The zero-order valence-corrected chi connectivity index (χ0v) is 37.6. The van der Waals surface area contributed by atoms with Crippen LogP contribution >= 0.6 is 0 Å². The molecule has 9 aromatic rings.